The van der Waals surface area contributed by atoms with Crippen LogP contribution in [0.5, 0.6) is 0 Å². The van der Waals surface area contributed by atoms with Gasteiger partial charge in [-0.3, -0.25) is 4.79 Å². The SMILES string of the molecule is CCCCCCCCCCCCCCCCCCC(C(CCCCCCCCCCCC)C(=O)O)(C(CCCCCCCCCC)(CCCCCCCCCC)CCCCCCCCCC)C(CCCCCCCCCC)(CCCCCCCCCC)CCCCCCCCCC. The first-order valence-electron chi connectivity index (χ1n) is 47.0. The molecule has 0 aliphatic carbocycles. The molecule has 2 nitrogen and oxygen atoms in total. The third kappa shape index (κ3) is 53.8. The zero-order valence-corrected chi connectivity index (χ0v) is 69.4. The highest BCUT2D eigenvalue weighted by Gasteiger charge is 2.64. The van der Waals surface area contributed by atoms with Crippen molar-refractivity contribution in [3.63, 3.8) is 0 Å². The highest BCUT2D eigenvalue weighted by Crippen LogP contribution is 2.70. The molecule has 0 saturated carbocycles. The smallest absolute Gasteiger partial charge is 0.307 e. The molecule has 0 spiro atoms. The van der Waals surface area contributed by atoms with Crippen LogP contribution in [0.15, 0.2) is 0 Å². The largest absolute Gasteiger partial charge is 0.481 e. The molecule has 1 N–H and O–H groups in total. The van der Waals surface area contributed by atoms with Gasteiger partial charge >= 0.3 is 5.97 Å². The molecule has 582 valence electrons. The number of carboxylic acid groups (broad SMARTS) is 1. The van der Waals surface area contributed by atoms with Gasteiger partial charge in [-0.25, -0.2) is 0 Å². The molecule has 0 aromatic heterocycles. The maximum absolute atomic E-state index is 15.9. The molecule has 0 saturated heterocycles. The lowest BCUT2D eigenvalue weighted by molar-refractivity contribution is -0.192. The lowest BCUT2D eigenvalue weighted by Gasteiger charge is -2.65. The van der Waals surface area contributed by atoms with Gasteiger partial charge in [-0.15, -0.1) is 0 Å². The second-order valence-electron chi connectivity index (χ2n) is 33.8. The molecule has 0 bridgehead atoms. The molecule has 0 fully saturated rings. The van der Waals surface area contributed by atoms with E-state index in [9.17, 15) is 5.11 Å². The standard InChI is InChI=1S/C95H190O2/c1-9-17-25-33-41-49-51-52-53-54-55-56-58-66-74-82-90-95(91(92(96)97)83-75-67-59-57-50-42-34-26-18-10-2,93(84-76-68-60-43-35-27-19-11-3,85-77-69-61-44-36-28-20-12-4)86-78-70-62-45-37-29-21-13-5)94(87-79-71-63-46-38-30-22-14-6,88-80-72-64-47-39-31-23-15-7)89-81-73-65-48-40-32-24-16-8/h91H,9-90H2,1-8H3,(H,96,97). The average Bonchev–Trinajstić information content (AvgIpc) is 0.708. The monoisotopic (exact) mass is 1360 g/mol. The fourth-order valence-corrected chi connectivity index (χ4v) is 19.0. The van der Waals surface area contributed by atoms with E-state index in [4.69, 9.17) is 0 Å². The van der Waals surface area contributed by atoms with Gasteiger partial charge < -0.3 is 5.11 Å². The minimum Gasteiger partial charge on any atom is -0.481 e. The van der Waals surface area contributed by atoms with Crippen molar-refractivity contribution in [3.8, 4) is 0 Å². The van der Waals surface area contributed by atoms with Gasteiger partial charge in [0, 0.05) is 0 Å². The van der Waals surface area contributed by atoms with Crippen LogP contribution in [0.3, 0.4) is 0 Å². The molecule has 2 heteroatoms. The van der Waals surface area contributed by atoms with Gasteiger partial charge in [-0.05, 0) is 67.6 Å². The van der Waals surface area contributed by atoms with Crippen molar-refractivity contribution in [2.45, 2.75) is 582 Å². The molecule has 0 amide bonds. The number of unbranched alkanes of at least 4 members (excludes halogenated alkanes) is 66. The normalized spacial score (nSPS) is 12.7. The van der Waals surface area contributed by atoms with Crippen molar-refractivity contribution in [2.24, 2.45) is 22.2 Å². The zero-order chi connectivity index (χ0) is 70.6. The lowest BCUT2D eigenvalue weighted by atomic mass is 9.38. The minimum atomic E-state index is -0.341. The first kappa shape index (κ1) is 96.5. The van der Waals surface area contributed by atoms with Crippen LogP contribution in [0.4, 0.5) is 0 Å². The first-order valence-corrected chi connectivity index (χ1v) is 47.0. The van der Waals surface area contributed by atoms with Crippen molar-refractivity contribution >= 4 is 5.97 Å². The molecule has 0 aromatic carbocycles. The number of carbonyl (C=O) groups is 1. The van der Waals surface area contributed by atoms with Crippen LogP contribution in [0.2, 0.25) is 0 Å². The van der Waals surface area contributed by atoms with E-state index in [1.165, 1.54) is 514 Å². The summed E-state index contributed by atoms with van der Waals surface area (Å²) in [5.74, 6) is -0.584. The Morgan fingerprint density at radius 2 is 0.309 bits per heavy atom. The molecule has 0 aliphatic rings. The Morgan fingerprint density at radius 1 is 0.186 bits per heavy atom. The van der Waals surface area contributed by atoms with E-state index in [0.717, 1.165) is 12.8 Å². The predicted molar refractivity (Wildman–Crippen MR) is 442 cm³/mol. The third-order valence-electron chi connectivity index (χ3n) is 25.1. The Balaban J connectivity index is 8.72. The molecule has 0 heterocycles. The molecule has 0 rings (SSSR count). The van der Waals surface area contributed by atoms with Gasteiger partial charge in [0.05, 0.1) is 5.92 Å². The highest BCUT2D eigenvalue weighted by molar-refractivity contribution is 5.71. The van der Waals surface area contributed by atoms with Crippen molar-refractivity contribution in [1.82, 2.24) is 0 Å². The van der Waals surface area contributed by atoms with Crippen LogP contribution in [0.25, 0.3) is 0 Å². The number of hydrogen-bond donors (Lipinski definition) is 1. The Morgan fingerprint density at radius 3 is 0.454 bits per heavy atom. The second kappa shape index (κ2) is 76.6. The Bertz CT molecular complexity index is 1310. The summed E-state index contributed by atoms with van der Waals surface area (Å²) in [5.41, 5.74) is -0.0951. The van der Waals surface area contributed by atoms with Crippen molar-refractivity contribution in [2.75, 3.05) is 0 Å². The minimum absolute atomic E-state index is 0.0527. The molecule has 1 atom stereocenters. The number of rotatable bonds is 86. The van der Waals surface area contributed by atoms with Gasteiger partial charge in [-0.2, -0.15) is 0 Å². The van der Waals surface area contributed by atoms with Crippen molar-refractivity contribution < 1.29 is 9.90 Å². The van der Waals surface area contributed by atoms with E-state index in [-0.39, 0.29) is 28.1 Å². The van der Waals surface area contributed by atoms with Crippen LogP contribution in [-0.2, 0) is 4.79 Å². The summed E-state index contributed by atoms with van der Waals surface area (Å²) in [5, 5.41) is 13.1. The van der Waals surface area contributed by atoms with E-state index in [0.29, 0.717) is 0 Å². The van der Waals surface area contributed by atoms with Gasteiger partial charge in [-0.1, -0.05) is 531 Å². The molecule has 1 unspecified atom stereocenters. The molecule has 97 heavy (non-hydrogen) atoms. The van der Waals surface area contributed by atoms with Gasteiger partial charge in [0.25, 0.3) is 0 Å². The van der Waals surface area contributed by atoms with E-state index in [1.54, 1.807) is 0 Å². The highest BCUT2D eigenvalue weighted by atomic mass is 16.4. The van der Waals surface area contributed by atoms with Crippen molar-refractivity contribution in [3.05, 3.63) is 0 Å². The van der Waals surface area contributed by atoms with E-state index in [1.807, 2.05) is 0 Å². The fraction of sp³-hybridized carbons (Fsp3) is 0.989. The molecule has 0 aliphatic heterocycles. The van der Waals surface area contributed by atoms with Crippen LogP contribution < -0.4 is 0 Å². The zero-order valence-electron chi connectivity index (χ0n) is 69.4. The predicted octanol–water partition coefficient (Wildman–Crippen LogP) is 35.8. The number of hydrogen-bond acceptors (Lipinski definition) is 1. The molecular formula is C95H190O2. The number of carboxylic acids is 1. The van der Waals surface area contributed by atoms with Gasteiger partial charge in [0.2, 0.25) is 0 Å². The summed E-state index contributed by atoms with van der Waals surface area (Å²) >= 11 is 0. The third-order valence-corrected chi connectivity index (χ3v) is 25.1. The molecular weight excluding hydrogens is 1170 g/mol. The molecule has 0 aromatic rings. The van der Waals surface area contributed by atoms with Gasteiger partial charge in [0.15, 0.2) is 0 Å². The summed E-state index contributed by atoms with van der Waals surface area (Å²) < 4.78 is 0. The Kier molecular flexibility index (Phi) is 76.2. The fourth-order valence-electron chi connectivity index (χ4n) is 19.0. The Labute approximate surface area is 616 Å². The average molecular weight is 1360 g/mol. The number of aliphatic carboxylic acids is 1. The first-order chi connectivity index (χ1) is 47.8. The maximum atomic E-state index is 15.9. The van der Waals surface area contributed by atoms with E-state index < -0.39 is 0 Å². The summed E-state index contributed by atoms with van der Waals surface area (Å²) in [7, 11) is 0. The van der Waals surface area contributed by atoms with E-state index >= 15 is 4.79 Å². The Hall–Kier alpha value is -0.530. The lowest BCUT2D eigenvalue weighted by Crippen LogP contribution is -2.60. The summed E-state index contributed by atoms with van der Waals surface area (Å²) in [4.78, 5) is 15.9. The topological polar surface area (TPSA) is 37.3 Å². The molecule has 0 radical (unpaired) electrons. The summed E-state index contributed by atoms with van der Waals surface area (Å²) in [6.45, 7) is 19.0. The van der Waals surface area contributed by atoms with Crippen LogP contribution in [0, 0.1) is 22.2 Å². The van der Waals surface area contributed by atoms with Crippen LogP contribution in [0.1, 0.15) is 582 Å². The van der Waals surface area contributed by atoms with Gasteiger partial charge in [0.1, 0.15) is 0 Å². The quantitative estimate of drug-likeness (QED) is 0.0616. The van der Waals surface area contributed by atoms with Crippen LogP contribution >= 0.6 is 0 Å². The van der Waals surface area contributed by atoms with Crippen molar-refractivity contribution in [1.29, 1.82) is 0 Å². The second-order valence-corrected chi connectivity index (χ2v) is 33.8. The summed E-state index contributed by atoms with van der Waals surface area (Å²) in [6.07, 6.45) is 111. The van der Waals surface area contributed by atoms with Crippen LogP contribution in [-0.4, -0.2) is 11.1 Å². The summed E-state index contributed by atoms with van der Waals surface area (Å²) in [6, 6.07) is 0. The maximum Gasteiger partial charge on any atom is 0.307 e. The van der Waals surface area contributed by atoms with E-state index in [2.05, 4.69) is 55.4 Å².